The molecular formula is C23H23N3O3. The first-order chi connectivity index (χ1) is 14.1. The molecule has 6 nitrogen and oxygen atoms in total. The third-order valence-electron chi connectivity index (χ3n) is 5.13. The van der Waals surface area contributed by atoms with Crippen LogP contribution in [0.1, 0.15) is 22.8 Å². The molecule has 0 fully saturated rings. The third kappa shape index (κ3) is 3.61. The molecule has 1 atom stereocenters. The second-order valence-electron chi connectivity index (χ2n) is 7.00. The largest absolute Gasteiger partial charge is 0.497 e. The van der Waals surface area contributed by atoms with Gasteiger partial charge in [-0.3, -0.25) is 9.78 Å². The number of fused-ring (bicyclic) bond motifs is 1. The summed E-state index contributed by atoms with van der Waals surface area (Å²) in [7, 11) is 3.14. The molecule has 1 N–H and O–H groups in total. The standard InChI is InChI=1S/C23H23N3O3/c1-15-10-16-6-4-5-7-21(16)26(15)18-11-17(13-24-14-18)23(27)25-20-12-19(28-2)8-9-22(20)29-3/h4-9,11-15H,10H2,1-3H3,(H,25,27). The molecule has 1 aliphatic heterocycles. The number of benzene rings is 2. The van der Waals surface area contributed by atoms with E-state index >= 15 is 0 Å². The maximum atomic E-state index is 12.9. The van der Waals surface area contributed by atoms with Crippen molar-refractivity contribution in [1.82, 2.24) is 4.98 Å². The van der Waals surface area contributed by atoms with Gasteiger partial charge in [0.05, 0.1) is 37.4 Å². The zero-order chi connectivity index (χ0) is 20.4. The van der Waals surface area contributed by atoms with Crippen molar-refractivity contribution in [2.75, 3.05) is 24.4 Å². The van der Waals surface area contributed by atoms with Crippen molar-refractivity contribution in [2.24, 2.45) is 0 Å². The predicted molar refractivity (Wildman–Crippen MR) is 113 cm³/mol. The van der Waals surface area contributed by atoms with E-state index in [4.69, 9.17) is 9.47 Å². The zero-order valence-corrected chi connectivity index (χ0v) is 16.7. The van der Waals surface area contributed by atoms with Crippen LogP contribution in [0.15, 0.2) is 60.9 Å². The van der Waals surface area contributed by atoms with Gasteiger partial charge < -0.3 is 19.7 Å². The normalized spacial score (nSPS) is 15.0. The Morgan fingerprint density at radius 3 is 2.72 bits per heavy atom. The number of rotatable bonds is 5. The highest BCUT2D eigenvalue weighted by molar-refractivity contribution is 6.05. The molecule has 6 heteroatoms. The van der Waals surface area contributed by atoms with Crippen molar-refractivity contribution in [1.29, 1.82) is 0 Å². The Labute approximate surface area is 170 Å². The summed E-state index contributed by atoms with van der Waals surface area (Å²) in [6, 6.07) is 15.8. The Kier molecular flexibility index (Phi) is 5.08. The van der Waals surface area contributed by atoms with Gasteiger partial charge in [-0.1, -0.05) is 18.2 Å². The number of nitrogens with one attached hydrogen (secondary N) is 1. The minimum absolute atomic E-state index is 0.258. The highest BCUT2D eigenvalue weighted by atomic mass is 16.5. The molecule has 3 aromatic rings. The first-order valence-electron chi connectivity index (χ1n) is 9.46. The maximum Gasteiger partial charge on any atom is 0.257 e. The van der Waals surface area contributed by atoms with Crippen LogP contribution in [0.5, 0.6) is 11.5 Å². The Morgan fingerprint density at radius 2 is 1.93 bits per heavy atom. The van der Waals surface area contributed by atoms with Crippen LogP contribution in [0.4, 0.5) is 17.1 Å². The van der Waals surface area contributed by atoms with E-state index in [1.165, 1.54) is 5.56 Å². The summed E-state index contributed by atoms with van der Waals surface area (Å²) in [5.41, 5.74) is 4.38. The van der Waals surface area contributed by atoms with E-state index in [2.05, 4.69) is 40.3 Å². The van der Waals surface area contributed by atoms with Gasteiger partial charge in [0.1, 0.15) is 11.5 Å². The summed E-state index contributed by atoms with van der Waals surface area (Å²) in [5.74, 6) is 0.937. The lowest BCUT2D eigenvalue weighted by Crippen LogP contribution is -2.24. The van der Waals surface area contributed by atoms with Crippen LogP contribution in [0, 0.1) is 0 Å². The summed E-state index contributed by atoms with van der Waals surface area (Å²) in [5, 5.41) is 2.90. The molecule has 1 amide bonds. The lowest BCUT2D eigenvalue weighted by Gasteiger charge is -2.25. The van der Waals surface area contributed by atoms with Gasteiger partial charge in [-0.15, -0.1) is 0 Å². The molecule has 0 bridgehead atoms. The van der Waals surface area contributed by atoms with Crippen LogP contribution >= 0.6 is 0 Å². The van der Waals surface area contributed by atoms with Crippen molar-refractivity contribution >= 4 is 23.0 Å². The average molecular weight is 389 g/mol. The number of carbonyl (C=O) groups excluding carboxylic acids is 1. The van der Waals surface area contributed by atoms with Crippen LogP contribution in [-0.4, -0.2) is 31.2 Å². The second-order valence-corrected chi connectivity index (χ2v) is 7.00. The van der Waals surface area contributed by atoms with Crippen molar-refractivity contribution in [3.8, 4) is 11.5 Å². The lowest BCUT2D eigenvalue weighted by molar-refractivity contribution is 0.102. The van der Waals surface area contributed by atoms with Crippen molar-refractivity contribution in [3.63, 3.8) is 0 Å². The maximum absolute atomic E-state index is 12.9. The molecule has 0 radical (unpaired) electrons. The number of nitrogens with zero attached hydrogens (tertiary/aromatic N) is 2. The van der Waals surface area contributed by atoms with Gasteiger partial charge in [-0.25, -0.2) is 0 Å². The van der Waals surface area contributed by atoms with Gasteiger partial charge in [-0.05, 0) is 43.2 Å². The Balaban J connectivity index is 1.62. The van der Waals surface area contributed by atoms with Crippen LogP contribution in [0.2, 0.25) is 0 Å². The summed E-state index contributed by atoms with van der Waals surface area (Å²) < 4.78 is 10.6. The second kappa shape index (κ2) is 7.83. The monoisotopic (exact) mass is 389 g/mol. The Bertz CT molecular complexity index is 1050. The number of amides is 1. The predicted octanol–water partition coefficient (Wildman–Crippen LogP) is 4.43. The molecule has 4 rings (SSSR count). The summed E-state index contributed by atoms with van der Waals surface area (Å²) in [4.78, 5) is 19.5. The zero-order valence-electron chi connectivity index (χ0n) is 16.7. The lowest BCUT2D eigenvalue weighted by atomic mass is 10.1. The van der Waals surface area contributed by atoms with Crippen LogP contribution < -0.4 is 19.7 Å². The highest BCUT2D eigenvalue weighted by Gasteiger charge is 2.27. The van der Waals surface area contributed by atoms with Gasteiger partial charge in [0.2, 0.25) is 0 Å². The SMILES string of the molecule is COc1ccc(OC)c(NC(=O)c2cncc(N3c4ccccc4CC3C)c2)c1. The fraction of sp³-hybridized carbons (Fsp3) is 0.217. The van der Waals surface area contributed by atoms with E-state index in [-0.39, 0.29) is 5.91 Å². The molecule has 0 spiro atoms. The molecule has 1 aliphatic rings. The minimum atomic E-state index is -0.258. The van der Waals surface area contributed by atoms with Crippen LogP contribution in [0.3, 0.4) is 0 Å². The van der Waals surface area contributed by atoms with E-state index in [1.807, 2.05) is 12.1 Å². The molecule has 1 unspecified atom stereocenters. The molecule has 0 aliphatic carbocycles. The number of aromatic nitrogens is 1. The van der Waals surface area contributed by atoms with Crippen LogP contribution in [0.25, 0.3) is 0 Å². The summed E-state index contributed by atoms with van der Waals surface area (Å²) in [6.45, 7) is 2.17. The van der Waals surface area contributed by atoms with E-state index in [0.29, 0.717) is 28.8 Å². The fourth-order valence-corrected chi connectivity index (χ4v) is 3.75. The number of carbonyl (C=O) groups is 1. The number of methoxy groups -OCH3 is 2. The third-order valence-corrected chi connectivity index (χ3v) is 5.13. The fourth-order valence-electron chi connectivity index (χ4n) is 3.75. The quantitative estimate of drug-likeness (QED) is 0.699. The Hall–Kier alpha value is -3.54. The smallest absolute Gasteiger partial charge is 0.257 e. The number of ether oxygens (including phenoxy) is 2. The molecule has 29 heavy (non-hydrogen) atoms. The molecule has 148 valence electrons. The van der Waals surface area contributed by atoms with E-state index in [1.54, 1.807) is 44.8 Å². The summed E-state index contributed by atoms with van der Waals surface area (Å²) in [6.07, 6.45) is 4.33. The Morgan fingerprint density at radius 1 is 1.10 bits per heavy atom. The van der Waals surface area contributed by atoms with Gasteiger partial charge in [0.25, 0.3) is 5.91 Å². The number of para-hydroxylation sites is 1. The summed E-state index contributed by atoms with van der Waals surface area (Å²) >= 11 is 0. The number of anilines is 3. The van der Waals surface area contributed by atoms with E-state index < -0.39 is 0 Å². The number of hydrogen-bond donors (Lipinski definition) is 1. The molecule has 2 heterocycles. The molecule has 2 aromatic carbocycles. The van der Waals surface area contributed by atoms with E-state index in [0.717, 1.165) is 17.8 Å². The van der Waals surface area contributed by atoms with Gasteiger partial charge in [-0.2, -0.15) is 0 Å². The van der Waals surface area contributed by atoms with Crippen LogP contribution in [-0.2, 0) is 6.42 Å². The van der Waals surface area contributed by atoms with Crippen molar-refractivity contribution in [3.05, 3.63) is 72.1 Å². The average Bonchev–Trinajstić information content (AvgIpc) is 3.09. The van der Waals surface area contributed by atoms with Gasteiger partial charge in [0, 0.05) is 24.0 Å². The number of pyridine rings is 1. The highest BCUT2D eigenvalue weighted by Crippen LogP contribution is 2.38. The van der Waals surface area contributed by atoms with Gasteiger partial charge >= 0.3 is 0 Å². The molecule has 1 aromatic heterocycles. The minimum Gasteiger partial charge on any atom is -0.497 e. The first-order valence-corrected chi connectivity index (χ1v) is 9.46. The first kappa shape index (κ1) is 18.8. The molecule has 0 saturated heterocycles. The van der Waals surface area contributed by atoms with E-state index in [9.17, 15) is 4.79 Å². The molecule has 0 saturated carbocycles. The van der Waals surface area contributed by atoms with Gasteiger partial charge in [0.15, 0.2) is 0 Å². The topological polar surface area (TPSA) is 63.7 Å². The number of hydrogen-bond acceptors (Lipinski definition) is 5. The van der Waals surface area contributed by atoms with Crippen molar-refractivity contribution < 1.29 is 14.3 Å². The van der Waals surface area contributed by atoms with Crippen molar-refractivity contribution in [2.45, 2.75) is 19.4 Å². The molecular weight excluding hydrogens is 366 g/mol.